The lowest BCUT2D eigenvalue weighted by Gasteiger charge is -2.09. The van der Waals surface area contributed by atoms with Crippen LogP contribution < -0.4 is 5.32 Å². The monoisotopic (exact) mass is 439 g/mol. The first kappa shape index (κ1) is 20.3. The van der Waals surface area contributed by atoms with Crippen LogP contribution in [0.3, 0.4) is 0 Å². The highest BCUT2D eigenvalue weighted by Crippen LogP contribution is 2.25. The quantitative estimate of drug-likeness (QED) is 0.438. The van der Waals surface area contributed by atoms with E-state index in [-0.39, 0.29) is 11.7 Å². The summed E-state index contributed by atoms with van der Waals surface area (Å²) >= 11 is 2.70. The highest BCUT2D eigenvalue weighted by atomic mass is 32.2. The second-order valence-electron chi connectivity index (χ2n) is 6.97. The van der Waals surface area contributed by atoms with E-state index in [2.05, 4.69) is 51.5 Å². The second kappa shape index (κ2) is 8.80. The first-order valence-corrected chi connectivity index (χ1v) is 11.2. The van der Waals surface area contributed by atoms with Crippen molar-refractivity contribution >= 4 is 34.1 Å². The molecule has 0 fully saturated rings. The zero-order valence-electron chi connectivity index (χ0n) is 16.8. The highest BCUT2D eigenvalue weighted by molar-refractivity contribution is 7.99. The van der Waals surface area contributed by atoms with Gasteiger partial charge in [0.15, 0.2) is 16.1 Å². The Morgan fingerprint density at radius 3 is 2.77 bits per heavy atom. The van der Waals surface area contributed by atoms with Crippen molar-refractivity contribution in [1.82, 2.24) is 29.3 Å². The molecular formula is C20H21N7OS2. The van der Waals surface area contributed by atoms with Gasteiger partial charge in [-0.15, -0.1) is 21.5 Å². The number of carbonyl (C=O) groups is 1. The highest BCUT2D eigenvalue weighted by Gasteiger charge is 2.13. The SMILES string of the molecule is CC(C)c1ccc(-n2cnnc2SCC(=O)Nc2nc(-c3nccn3C)cs2)cc1. The van der Waals surface area contributed by atoms with Gasteiger partial charge in [0.2, 0.25) is 5.91 Å². The van der Waals surface area contributed by atoms with Crippen LogP contribution >= 0.6 is 23.1 Å². The molecule has 3 aromatic heterocycles. The van der Waals surface area contributed by atoms with Crippen molar-refractivity contribution in [2.24, 2.45) is 7.05 Å². The van der Waals surface area contributed by atoms with Crippen LogP contribution in [0.2, 0.25) is 0 Å². The lowest BCUT2D eigenvalue weighted by atomic mass is 10.0. The van der Waals surface area contributed by atoms with E-state index in [1.807, 2.05) is 39.9 Å². The van der Waals surface area contributed by atoms with Gasteiger partial charge < -0.3 is 9.88 Å². The third-order valence-electron chi connectivity index (χ3n) is 4.49. The van der Waals surface area contributed by atoms with Crippen LogP contribution in [0.1, 0.15) is 25.3 Å². The molecule has 1 aromatic carbocycles. The summed E-state index contributed by atoms with van der Waals surface area (Å²) in [5.74, 6) is 1.30. The van der Waals surface area contributed by atoms with Gasteiger partial charge in [-0.05, 0) is 23.6 Å². The molecule has 0 bridgehead atoms. The molecule has 154 valence electrons. The smallest absolute Gasteiger partial charge is 0.236 e. The first-order chi connectivity index (χ1) is 14.5. The number of aryl methyl sites for hydroxylation is 1. The molecule has 0 saturated carbocycles. The largest absolute Gasteiger partial charge is 0.333 e. The number of nitrogens with zero attached hydrogens (tertiary/aromatic N) is 6. The fourth-order valence-electron chi connectivity index (χ4n) is 2.85. The molecule has 3 heterocycles. The molecule has 1 amide bonds. The van der Waals surface area contributed by atoms with Crippen LogP contribution in [0.25, 0.3) is 17.2 Å². The molecule has 30 heavy (non-hydrogen) atoms. The van der Waals surface area contributed by atoms with Crippen molar-refractivity contribution < 1.29 is 4.79 Å². The van der Waals surface area contributed by atoms with Crippen LogP contribution in [0.4, 0.5) is 5.13 Å². The van der Waals surface area contributed by atoms with Crippen molar-refractivity contribution in [3.05, 3.63) is 53.9 Å². The Hall–Kier alpha value is -2.98. The van der Waals surface area contributed by atoms with Gasteiger partial charge in [-0.1, -0.05) is 37.7 Å². The second-order valence-corrected chi connectivity index (χ2v) is 8.77. The summed E-state index contributed by atoms with van der Waals surface area (Å²) < 4.78 is 3.77. The van der Waals surface area contributed by atoms with Crippen LogP contribution in [-0.2, 0) is 11.8 Å². The maximum absolute atomic E-state index is 12.4. The van der Waals surface area contributed by atoms with Gasteiger partial charge >= 0.3 is 0 Å². The normalized spacial score (nSPS) is 11.2. The standard InChI is InChI=1S/C20H21N7OS2/c1-13(2)14-4-6-15(7-5-14)27-12-22-25-20(27)30-11-17(28)24-19-23-16(10-29-19)18-21-8-9-26(18)3/h4-10,12-13H,11H2,1-3H3,(H,23,24,28). The summed E-state index contributed by atoms with van der Waals surface area (Å²) in [5, 5.41) is 14.1. The fourth-order valence-corrected chi connectivity index (χ4v) is 4.29. The zero-order valence-corrected chi connectivity index (χ0v) is 18.4. The number of nitrogens with one attached hydrogen (secondary N) is 1. The Balaban J connectivity index is 1.38. The number of carbonyl (C=O) groups excluding carboxylic acids is 1. The van der Waals surface area contributed by atoms with Crippen molar-refractivity contribution in [2.45, 2.75) is 24.9 Å². The zero-order chi connectivity index (χ0) is 21.1. The van der Waals surface area contributed by atoms with E-state index in [0.717, 1.165) is 17.2 Å². The number of benzene rings is 1. The molecule has 0 atom stereocenters. The number of hydrogen-bond acceptors (Lipinski definition) is 7. The molecule has 0 aliphatic carbocycles. The Kier molecular flexibility index (Phi) is 5.96. The number of thiazole rings is 1. The summed E-state index contributed by atoms with van der Waals surface area (Å²) in [5.41, 5.74) is 2.97. The van der Waals surface area contributed by atoms with E-state index in [9.17, 15) is 4.79 Å². The molecule has 0 radical (unpaired) electrons. The Morgan fingerprint density at radius 2 is 2.07 bits per heavy atom. The fraction of sp³-hybridized carbons (Fsp3) is 0.250. The Morgan fingerprint density at radius 1 is 1.27 bits per heavy atom. The molecular weight excluding hydrogens is 418 g/mol. The van der Waals surface area contributed by atoms with Gasteiger partial charge in [-0.25, -0.2) is 9.97 Å². The average Bonchev–Trinajstić information content (AvgIpc) is 3.47. The molecule has 8 nitrogen and oxygen atoms in total. The Labute approximate surface area is 182 Å². The topological polar surface area (TPSA) is 90.5 Å². The number of amides is 1. The van der Waals surface area contributed by atoms with Gasteiger partial charge in [0.25, 0.3) is 0 Å². The van der Waals surface area contributed by atoms with Gasteiger partial charge in [0.1, 0.15) is 12.0 Å². The minimum Gasteiger partial charge on any atom is -0.333 e. The lowest BCUT2D eigenvalue weighted by Crippen LogP contribution is -2.14. The van der Waals surface area contributed by atoms with Gasteiger partial charge in [-0.2, -0.15) is 0 Å². The molecule has 0 saturated heterocycles. The van der Waals surface area contributed by atoms with Crippen LogP contribution in [0, 0.1) is 0 Å². The summed E-state index contributed by atoms with van der Waals surface area (Å²) in [4.78, 5) is 21.1. The summed E-state index contributed by atoms with van der Waals surface area (Å²) in [6, 6.07) is 8.28. The number of thioether (sulfide) groups is 1. The van der Waals surface area contributed by atoms with Crippen molar-refractivity contribution in [3.63, 3.8) is 0 Å². The minimum absolute atomic E-state index is 0.148. The molecule has 0 spiro atoms. The predicted octanol–water partition coefficient (Wildman–Crippen LogP) is 3.98. The van der Waals surface area contributed by atoms with Gasteiger partial charge in [0.05, 0.1) is 5.75 Å². The van der Waals surface area contributed by atoms with E-state index >= 15 is 0 Å². The number of hydrogen-bond donors (Lipinski definition) is 1. The molecule has 10 heteroatoms. The molecule has 0 aliphatic rings. The number of rotatable bonds is 7. The molecule has 1 N–H and O–H groups in total. The predicted molar refractivity (Wildman–Crippen MR) is 119 cm³/mol. The van der Waals surface area contributed by atoms with Crippen molar-refractivity contribution in [3.8, 4) is 17.2 Å². The van der Waals surface area contributed by atoms with E-state index in [1.54, 1.807) is 12.5 Å². The number of anilines is 1. The van der Waals surface area contributed by atoms with Crippen molar-refractivity contribution in [1.29, 1.82) is 0 Å². The Bertz CT molecular complexity index is 1140. The van der Waals surface area contributed by atoms with Gasteiger partial charge in [0, 0.05) is 30.5 Å². The molecule has 4 aromatic rings. The van der Waals surface area contributed by atoms with E-state index < -0.39 is 0 Å². The maximum atomic E-state index is 12.4. The van der Waals surface area contributed by atoms with E-state index in [4.69, 9.17) is 0 Å². The van der Waals surface area contributed by atoms with Crippen molar-refractivity contribution in [2.75, 3.05) is 11.1 Å². The van der Waals surface area contributed by atoms with Gasteiger partial charge in [-0.3, -0.25) is 9.36 Å². The third-order valence-corrected chi connectivity index (χ3v) is 6.19. The van der Waals surface area contributed by atoms with E-state index in [1.165, 1.54) is 28.7 Å². The lowest BCUT2D eigenvalue weighted by molar-refractivity contribution is -0.113. The van der Waals surface area contributed by atoms with Crippen LogP contribution in [0.15, 0.2) is 53.5 Å². The molecule has 4 rings (SSSR count). The van der Waals surface area contributed by atoms with Crippen LogP contribution in [-0.4, -0.2) is 41.0 Å². The summed E-state index contributed by atoms with van der Waals surface area (Å²) in [6.45, 7) is 4.32. The molecule has 0 unspecified atom stereocenters. The number of aromatic nitrogens is 6. The first-order valence-electron chi connectivity index (χ1n) is 9.37. The summed E-state index contributed by atoms with van der Waals surface area (Å²) in [7, 11) is 1.91. The maximum Gasteiger partial charge on any atom is 0.236 e. The summed E-state index contributed by atoms with van der Waals surface area (Å²) in [6.07, 6.45) is 5.23. The minimum atomic E-state index is -0.148. The third kappa shape index (κ3) is 4.44. The number of imidazole rings is 1. The molecule has 0 aliphatic heterocycles. The average molecular weight is 440 g/mol. The van der Waals surface area contributed by atoms with E-state index in [0.29, 0.717) is 16.2 Å². The van der Waals surface area contributed by atoms with Crippen LogP contribution in [0.5, 0.6) is 0 Å².